The summed E-state index contributed by atoms with van der Waals surface area (Å²) in [6.07, 6.45) is 0. The average molecular weight is 588 g/mol. The lowest BCUT2D eigenvalue weighted by atomic mass is 9.98. The fourth-order valence-corrected chi connectivity index (χ4v) is 6.76. The molecule has 0 aliphatic heterocycles. The molecule has 0 saturated heterocycles. The van der Waals surface area contributed by atoms with E-state index in [1.165, 1.54) is 43.8 Å². The Kier molecular flexibility index (Phi) is 6.17. The third-order valence-electron chi connectivity index (χ3n) is 9.00. The topological polar surface area (TPSA) is 16.4 Å². The summed E-state index contributed by atoms with van der Waals surface area (Å²) >= 11 is 0. The third-order valence-corrected chi connectivity index (χ3v) is 9.00. The molecule has 8 aromatic carbocycles. The maximum atomic E-state index is 6.22. The van der Waals surface area contributed by atoms with E-state index >= 15 is 0 Å². The van der Waals surface area contributed by atoms with E-state index in [0.717, 1.165) is 39.0 Å². The molecule has 0 aliphatic rings. The van der Waals surface area contributed by atoms with Crippen molar-refractivity contribution in [1.29, 1.82) is 0 Å². The number of furan rings is 1. The molecule has 0 fully saturated rings. The smallest absolute Gasteiger partial charge is 0.136 e. The fraction of sp³-hybridized carbons (Fsp3) is 0. The van der Waals surface area contributed by atoms with Crippen LogP contribution in [0.2, 0.25) is 0 Å². The zero-order chi connectivity index (χ0) is 30.5. The molecule has 0 unspecified atom stereocenters. The molecule has 216 valence electrons. The second-order valence-electron chi connectivity index (χ2n) is 11.8. The van der Waals surface area contributed by atoms with Crippen LogP contribution in [0.3, 0.4) is 0 Å². The summed E-state index contributed by atoms with van der Waals surface area (Å²) in [5, 5.41) is 7.11. The molecular formula is C44H29NO. The van der Waals surface area contributed by atoms with Gasteiger partial charge in [-0.15, -0.1) is 0 Å². The van der Waals surface area contributed by atoms with E-state index in [0.29, 0.717) is 0 Å². The van der Waals surface area contributed by atoms with Crippen LogP contribution in [0.1, 0.15) is 0 Å². The molecule has 2 heteroatoms. The monoisotopic (exact) mass is 587 g/mol. The molecule has 0 amide bonds. The highest BCUT2D eigenvalue weighted by Gasteiger charge is 2.16. The molecule has 9 rings (SSSR count). The molecule has 2 nitrogen and oxygen atoms in total. The first-order chi connectivity index (χ1) is 22.8. The Bertz CT molecular complexity index is 2530. The van der Waals surface area contributed by atoms with Crippen molar-refractivity contribution in [3.63, 3.8) is 0 Å². The van der Waals surface area contributed by atoms with Crippen molar-refractivity contribution >= 4 is 60.5 Å². The highest BCUT2D eigenvalue weighted by molar-refractivity contribution is 6.17. The van der Waals surface area contributed by atoms with E-state index in [-0.39, 0.29) is 0 Å². The van der Waals surface area contributed by atoms with Gasteiger partial charge in [-0.25, -0.2) is 0 Å². The van der Waals surface area contributed by atoms with Gasteiger partial charge < -0.3 is 9.32 Å². The van der Waals surface area contributed by atoms with Gasteiger partial charge in [0.25, 0.3) is 0 Å². The molecule has 0 N–H and O–H groups in total. The van der Waals surface area contributed by atoms with Crippen LogP contribution < -0.4 is 4.90 Å². The molecule has 1 heterocycles. The van der Waals surface area contributed by atoms with Crippen LogP contribution in [0.25, 0.3) is 65.7 Å². The molecule has 1 aromatic heterocycles. The Morgan fingerprint density at radius 1 is 0.304 bits per heavy atom. The van der Waals surface area contributed by atoms with Crippen molar-refractivity contribution in [2.45, 2.75) is 0 Å². The Labute approximate surface area is 267 Å². The van der Waals surface area contributed by atoms with Gasteiger partial charge in [-0.1, -0.05) is 115 Å². The van der Waals surface area contributed by atoms with Crippen LogP contribution in [0.4, 0.5) is 17.1 Å². The van der Waals surface area contributed by atoms with E-state index in [1.807, 2.05) is 12.1 Å². The minimum Gasteiger partial charge on any atom is -0.456 e. The number of fused-ring (bicyclic) bond motifs is 6. The van der Waals surface area contributed by atoms with Crippen molar-refractivity contribution < 1.29 is 4.42 Å². The molecule has 0 aliphatic carbocycles. The van der Waals surface area contributed by atoms with Crippen LogP contribution in [-0.4, -0.2) is 0 Å². The first-order valence-electron chi connectivity index (χ1n) is 15.7. The van der Waals surface area contributed by atoms with Gasteiger partial charge in [0.1, 0.15) is 11.2 Å². The normalized spacial score (nSPS) is 11.5. The molecular weight excluding hydrogens is 558 g/mol. The van der Waals surface area contributed by atoms with Crippen molar-refractivity contribution in [2.75, 3.05) is 4.90 Å². The van der Waals surface area contributed by atoms with Gasteiger partial charge in [0.15, 0.2) is 0 Å². The van der Waals surface area contributed by atoms with Crippen LogP contribution in [-0.2, 0) is 0 Å². The number of hydrogen-bond donors (Lipinski definition) is 0. The number of hydrogen-bond acceptors (Lipinski definition) is 2. The van der Waals surface area contributed by atoms with Crippen molar-refractivity contribution in [3.05, 3.63) is 176 Å². The Morgan fingerprint density at radius 3 is 1.74 bits per heavy atom. The molecule has 0 spiro atoms. The predicted octanol–water partition coefficient (Wildman–Crippen LogP) is 12.7. The Morgan fingerprint density at radius 2 is 0.891 bits per heavy atom. The van der Waals surface area contributed by atoms with Gasteiger partial charge in [0.05, 0.1) is 0 Å². The molecule has 0 radical (unpaired) electrons. The SMILES string of the molecule is c1ccc(-c2cccc(-c3cccc(N(c4ccccc4)c4ccc5ccc6cc7oc8ccccc8c7cc6c5c4)c3)c2)cc1. The number of para-hydroxylation sites is 2. The summed E-state index contributed by atoms with van der Waals surface area (Å²) in [5.74, 6) is 0. The van der Waals surface area contributed by atoms with Crippen molar-refractivity contribution in [1.82, 2.24) is 0 Å². The summed E-state index contributed by atoms with van der Waals surface area (Å²) in [5.41, 5.74) is 9.97. The van der Waals surface area contributed by atoms with E-state index in [4.69, 9.17) is 4.42 Å². The maximum absolute atomic E-state index is 6.22. The summed E-state index contributed by atoms with van der Waals surface area (Å²) in [4.78, 5) is 2.36. The highest BCUT2D eigenvalue weighted by Crippen LogP contribution is 2.40. The molecule has 0 bridgehead atoms. The van der Waals surface area contributed by atoms with E-state index in [2.05, 4.69) is 169 Å². The summed E-state index contributed by atoms with van der Waals surface area (Å²) < 4.78 is 6.22. The first-order valence-corrected chi connectivity index (χ1v) is 15.7. The zero-order valence-electron chi connectivity index (χ0n) is 25.1. The van der Waals surface area contributed by atoms with E-state index < -0.39 is 0 Å². The van der Waals surface area contributed by atoms with Gasteiger partial charge in [-0.05, 0) is 104 Å². The maximum Gasteiger partial charge on any atom is 0.136 e. The first kappa shape index (κ1) is 26.3. The van der Waals surface area contributed by atoms with Crippen molar-refractivity contribution in [2.24, 2.45) is 0 Å². The van der Waals surface area contributed by atoms with E-state index in [1.54, 1.807) is 0 Å². The second kappa shape index (κ2) is 10.8. The third kappa shape index (κ3) is 4.51. The highest BCUT2D eigenvalue weighted by atomic mass is 16.3. The van der Waals surface area contributed by atoms with E-state index in [9.17, 15) is 0 Å². The number of rotatable bonds is 5. The quantitative estimate of drug-likeness (QED) is 0.186. The Balaban J connectivity index is 1.21. The number of nitrogens with zero attached hydrogens (tertiary/aromatic N) is 1. The summed E-state index contributed by atoms with van der Waals surface area (Å²) in [6, 6.07) is 62.8. The molecule has 0 saturated carbocycles. The zero-order valence-corrected chi connectivity index (χ0v) is 25.1. The minimum absolute atomic E-state index is 0.919. The lowest BCUT2D eigenvalue weighted by Gasteiger charge is -2.26. The molecule has 9 aromatic rings. The molecule has 0 atom stereocenters. The van der Waals surface area contributed by atoms with Crippen LogP contribution in [0, 0.1) is 0 Å². The van der Waals surface area contributed by atoms with Gasteiger partial charge >= 0.3 is 0 Å². The van der Waals surface area contributed by atoms with Gasteiger partial charge in [0, 0.05) is 27.8 Å². The summed E-state index contributed by atoms with van der Waals surface area (Å²) in [6.45, 7) is 0. The van der Waals surface area contributed by atoms with Crippen LogP contribution in [0.5, 0.6) is 0 Å². The molecule has 46 heavy (non-hydrogen) atoms. The summed E-state index contributed by atoms with van der Waals surface area (Å²) in [7, 11) is 0. The van der Waals surface area contributed by atoms with Crippen molar-refractivity contribution in [3.8, 4) is 22.3 Å². The minimum atomic E-state index is 0.919. The van der Waals surface area contributed by atoms with Gasteiger partial charge in [-0.2, -0.15) is 0 Å². The number of anilines is 3. The van der Waals surface area contributed by atoms with Gasteiger partial charge in [-0.3, -0.25) is 0 Å². The Hall–Kier alpha value is -6.12. The van der Waals surface area contributed by atoms with Gasteiger partial charge in [0.2, 0.25) is 0 Å². The standard InChI is InChI=1S/C44H29NO/c1-3-11-30(12-4-1)32-13-9-14-33(25-32)34-15-10-18-37(26-34)45(36-16-5-2-6-17-36)38-24-23-31-21-22-35-27-44-42(29-41(35)40(31)28-38)39-19-7-8-20-43(39)46-44/h1-29H. The lowest BCUT2D eigenvalue weighted by molar-refractivity contribution is 0.669. The number of benzene rings is 8. The lowest BCUT2D eigenvalue weighted by Crippen LogP contribution is -2.09. The largest absolute Gasteiger partial charge is 0.456 e. The van der Waals surface area contributed by atoms with Crippen LogP contribution >= 0.6 is 0 Å². The predicted molar refractivity (Wildman–Crippen MR) is 194 cm³/mol. The second-order valence-corrected chi connectivity index (χ2v) is 11.8. The average Bonchev–Trinajstić information content (AvgIpc) is 3.49. The van der Waals surface area contributed by atoms with Crippen LogP contribution in [0.15, 0.2) is 180 Å². The fourth-order valence-electron chi connectivity index (χ4n) is 6.76.